The van der Waals surface area contributed by atoms with Gasteiger partial charge in [0.25, 0.3) is 0 Å². The van der Waals surface area contributed by atoms with Crippen LogP contribution in [0.4, 0.5) is 0 Å². The highest BCUT2D eigenvalue weighted by Crippen LogP contribution is 2.45. The fraction of sp³-hybridized carbons (Fsp3) is 0.522. The number of nitrogens with one attached hydrogen (secondary N) is 1. The first-order valence-corrected chi connectivity index (χ1v) is 12.9. The van der Waals surface area contributed by atoms with E-state index in [9.17, 15) is 9.59 Å². The number of hydrogen-bond acceptors (Lipinski definition) is 8. The number of rotatable bonds is 8. The molecule has 1 atom stereocenters. The Labute approximate surface area is 197 Å². The molecule has 0 radical (unpaired) electrons. The molecule has 1 aromatic rings. The zero-order valence-electron chi connectivity index (χ0n) is 18.8. The van der Waals surface area contributed by atoms with Crippen LogP contribution in [0.2, 0.25) is 0 Å². The number of fused-ring (bicyclic) bond motifs is 1. The summed E-state index contributed by atoms with van der Waals surface area (Å²) in [6, 6.07) is 3.65. The SMILES string of the molecule is CC1=C(C(=O)OC(C)C)[C@@H](c2cccs2)N2C(CC(=O)NCCN3CCCC3)=CSC2=N1. The second-order valence-electron chi connectivity index (χ2n) is 8.44. The Morgan fingerprint density at radius 2 is 2.09 bits per heavy atom. The van der Waals surface area contributed by atoms with E-state index >= 15 is 0 Å². The number of amides is 1. The highest BCUT2D eigenvalue weighted by molar-refractivity contribution is 8.16. The molecule has 4 heterocycles. The smallest absolute Gasteiger partial charge is 0.338 e. The lowest BCUT2D eigenvalue weighted by molar-refractivity contribution is -0.143. The lowest BCUT2D eigenvalue weighted by Gasteiger charge is -2.35. The van der Waals surface area contributed by atoms with E-state index in [-0.39, 0.29) is 30.4 Å². The van der Waals surface area contributed by atoms with E-state index in [2.05, 4.69) is 15.2 Å². The van der Waals surface area contributed by atoms with E-state index in [1.807, 2.05) is 48.6 Å². The summed E-state index contributed by atoms with van der Waals surface area (Å²) < 4.78 is 5.56. The van der Waals surface area contributed by atoms with E-state index in [0.29, 0.717) is 17.8 Å². The third-order valence-electron chi connectivity index (χ3n) is 5.67. The summed E-state index contributed by atoms with van der Waals surface area (Å²) in [6.45, 7) is 9.32. The van der Waals surface area contributed by atoms with Crippen LogP contribution in [-0.4, -0.2) is 59.1 Å². The Morgan fingerprint density at radius 1 is 1.31 bits per heavy atom. The summed E-state index contributed by atoms with van der Waals surface area (Å²) in [4.78, 5) is 35.9. The van der Waals surface area contributed by atoms with Gasteiger partial charge >= 0.3 is 5.97 Å². The monoisotopic (exact) mass is 474 g/mol. The van der Waals surface area contributed by atoms with Gasteiger partial charge in [-0.25, -0.2) is 9.79 Å². The molecule has 7 nitrogen and oxygen atoms in total. The Morgan fingerprint density at radius 3 is 2.78 bits per heavy atom. The van der Waals surface area contributed by atoms with E-state index in [4.69, 9.17) is 4.74 Å². The van der Waals surface area contributed by atoms with Gasteiger partial charge in [-0.1, -0.05) is 17.8 Å². The van der Waals surface area contributed by atoms with Gasteiger partial charge in [0.15, 0.2) is 5.17 Å². The summed E-state index contributed by atoms with van der Waals surface area (Å²) in [7, 11) is 0. The van der Waals surface area contributed by atoms with E-state index < -0.39 is 0 Å². The Bertz CT molecular complexity index is 946. The van der Waals surface area contributed by atoms with E-state index in [1.165, 1.54) is 24.6 Å². The van der Waals surface area contributed by atoms with Crippen molar-refractivity contribution in [1.82, 2.24) is 15.1 Å². The van der Waals surface area contributed by atoms with Crippen molar-refractivity contribution in [3.05, 3.63) is 44.8 Å². The van der Waals surface area contributed by atoms with Crippen LogP contribution in [0.1, 0.15) is 51.0 Å². The molecule has 9 heteroatoms. The Hall–Kier alpha value is -2.10. The number of carbonyl (C=O) groups is 2. The zero-order chi connectivity index (χ0) is 22.7. The predicted octanol–water partition coefficient (Wildman–Crippen LogP) is 3.88. The van der Waals surface area contributed by atoms with Crippen LogP contribution in [0.5, 0.6) is 0 Å². The number of esters is 1. The molecule has 1 amide bonds. The van der Waals surface area contributed by atoms with E-state index in [1.54, 1.807) is 11.3 Å². The second kappa shape index (κ2) is 10.2. The van der Waals surface area contributed by atoms with Gasteiger partial charge in [-0.2, -0.15) is 0 Å². The second-order valence-corrected chi connectivity index (χ2v) is 10.3. The van der Waals surface area contributed by atoms with Crippen molar-refractivity contribution in [3.63, 3.8) is 0 Å². The Kier molecular flexibility index (Phi) is 7.37. The van der Waals surface area contributed by atoms with Crippen LogP contribution < -0.4 is 5.32 Å². The lowest BCUT2D eigenvalue weighted by atomic mass is 9.99. The molecule has 1 aromatic heterocycles. The normalized spacial score (nSPS) is 21.0. The molecule has 3 aliphatic rings. The number of likely N-dealkylation sites (tertiary alicyclic amines) is 1. The minimum atomic E-state index is -0.356. The molecule has 0 saturated carbocycles. The highest BCUT2D eigenvalue weighted by atomic mass is 32.2. The van der Waals surface area contributed by atoms with Crippen molar-refractivity contribution < 1.29 is 14.3 Å². The first kappa shape index (κ1) is 23.1. The average Bonchev–Trinajstić information content (AvgIpc) is 3.49. The zero-order valence-corrected chi connectivity index (χ0v) is 20.4. The fourth-order valence-corrected chi connectivity index (χ4v) is 6.00. The van der Waals surface area contributed by atoms with Gasteiger partial charge in [0, 0.05) is 23.7 Å². The first-order chi connectivity index (χ1) is 15.4. The van der Waals surface area contributed by atoms with Crippen LogP contribution in [0.15, 0.2) is 44.9 Å². The molecule has 0 spiro atoms. The molecule has 3 aliphatic heterocycles. The number of nitrogens with zero attached hydrogens (tertiary/aromatic N) is 3. The standard InChI is InChI=1S/C23H30N4O3S2/c1-15(2)30-22(29)20-16(3)25-23-27(21(20)18-7-6-12-31-18)17(14-32-23)13-19(28)24-8-11-26-9-4-5-10-26/h6-7,12,14-15,21H,4-5,8-11,13H2,1-3H3,(H,24,28)/t21-/m1/s1. The third-order valence-corrected chi connectivity index (χ3v) is 7.48. The summed E-state index contributed by atoms with van der Waals surface area (Å²) in [5.74, 6) is -0.371. The molecular formula is C23H30N4O3S2. The number of allylic oxidation sites excluding steroid dienone is 1. The van der Waals surface area contributed by atoms with Crippen LogP contribution in [0.25, 0.3) is 0 Å². The topological polar surface area (TPSA) is 74.2 Å². The van der Waals surface area contributed by atoms with Gasteiger partial charge in [0.2, 0.25) is 5.91 Å². The summed E-state index contributed by atoms with van der Waals surface area (Å²) in [6.07, 6.45) is 2.52. The summed E-state index contributed by atoms with van der Waals surface area (Å²) in [5.41, 5.74) is 2.05. The minimum absolute atomic E-state index is 0.0141. The van der Waals surface area contributed by atoms with Crippen LogP contribution >= 0.6 is 23.1 Å². The molecule has 0 unspecified atom stereocenters. The van der Waals surface area contributed by atoms with Gasteiger partial charge in [-0.3, -0.25) is 4.79 Å². The molecule has 172 valence electrons. The maximum absolute atomic E-state index is 13.0. The fourth-order valence-electron chi connectivity index (χ4n) is 4.21. The molecule has 1 N–H and O–H groups in total. The summed E-state index contributed by atoms with van der Waals surface area (Å²) in [5, 5.41) is 7.82. The van der Waals surface area contributed by atoms with Gasteiger partial charge in [-0.05, 0) is 63.6 Å². The maximum atomic E-state index is 13.0. The number of aliphatic imine (C=N–C) groups is 1. The first-order valence-electron chi connectivity index (χ1n) is 11.1. The lowest BCUT2D eigenvalue weighted by Crippen LogP contribution is -2.38. The summed E-state index contributed by atoms with van der Waals surface area (Å²) >= 11 is 3.09. The number of hydrogen-bond donors (Lipinski definition) is 1. The largest absolute Gasteiger partial charge is 0.459 e. The molecule has 4 rings (SSSR count). The Balaban J connectivity index is 1.50. The van der Waals surface area contributed by atoms with Crippen molar-refractivity contribution in [2.45, 2.75) is 52.2 Å². The molecule has 0 aromatic carbocycles. The minimum Gasteiger partial charge on any atom is -0.459 e. The van der Waals surface area contributed by atoms with Crippen molar-refractivity contribution in [1.29, 1.82) is 0 Å². The molecule has 1 fully saturated rings. The third kappa shape index (κ3) is 5.10. The van der Waals surface area contributed by atoms with Crippen molar-refractivity contribution >= 4 is 40.1 Å². The van der Waals surface area contributed by atoms with Crippen molar-refractivity contribution in [2.75, 3.05) is 26.2 Å². The molecule has 32 heavy (non-hydrogen) atoms. The van der Waals surface area contributed by atoms with Crippen LogP contribution in [0, 0.1) is 0 Å². The number of thioether (sulfide) groups is 1. The number of ether oxygens (including phenoxy) is 1. The maximum Gasteiger partial charge on any atom is 0.338 e. The molecule has 0 bridgehead atoms. The highest BCUT2D eigenvalue weighted by Gasteiger charge is 2.41. The number of amidine groups is 1. The van der Waals surface area contributed by atoms with Gasteiger partial charge < -0.3 is 19.9 Å². The van der Waals surface area contributed by atoms with Crippen LogP contribution in [-0.2, 0) is 14.3 Å². The molecule has 1 saturated heterocycles. The van der Waals surface area contributed by atoms with E-state index in [0.717, 1.165) is 35.4 Å². The quantitative estimate of drug-likeness (QED) is 0.577. The predicted molar refractivity (Wildman–Crippen MR) is 129 cm³/mol. The molecule has 0 aliphatic carbocycles. The van der Waals surface area contributed by atoms with Crippen LogP contribution in [0.3, 0.4) is 0 Å². The van der Waals surface area contributed by atoms with Crippen molar-refractivity contribution in [3.8, 4) is 0 Å². The van der Waals surface area contributed by atoms with Gasteiger partial charge in [-0.15, -0.1) is 11.3 Å². The number of thiophene rings is 1. The van der Waals surface area contributed by atoms with Crippen molar-refractivity contribution in [2.24, 2.45) is 4.99 Å². The number of carbonyl (C=O) groups excluding carboxylic acids is 2. The van der Waals surface area contributed by atoms with Gasteiger partial charge in [0.05, 0.1) is 23.8 Å². The molecular weight excluding hydrogens is 444 g/mol. The van der Waals surface area contributed by atoms with Gasteiger partial charge in [0.1, 0.15) is 6.04 Å². The average molecular weight is 475 g/mol.